The molecule has 0 saturated heterocycles. The van der Waals surface area contributed by atoms with Crippen molar-refractivity contribution in [1.29, 1.82) is 0 Å². The zero-order chi connectivity index (χ0) is 10.6. The second kappa shape index (κ2) is 5.20. The van der Waals surface area contributed by atoms with E-state index in [9.17, 15) is 5.11 Å². The van der Waals surface area contributed by atoms with Crippen molar-refractivity contribution in [2.24, 2.45) is 0 Å². The molecular weight excluding hydrogens is 202 g/mol. The molecule has 1 aromatic carbocycles. The molecule has 0 amide bonds. The van der Waals surface area contributed by atoms with E-state index in [0.29, 0.717) is 6.54 Å². The Morgan fingerprint density at radius 1 is 1.57 bits per heavy atom. The standard InChI is InChI=1S/C10H14ClNO2/c1-7-4-9(2-3-10(7)11)14-6-8(13)5-12/h2-4,8,13H,5-6,12H2,1H3/p+1/t8-/m0/s1. The molecule has 1 rings (SSSR count). The Morgan fingerprint density at radius 3 is 2.86 bits per heavy atom. The number of benzene rings is 1. The average molecular weight is 217 g/mol. The molecular formula is C10H15ClNO2+. The van der Waals surface area contributed by atoms with Crippen LogP contribution in [0.15, 0.2) is 18.2 Å². The summed E-state index contributed by atoms with van der Waals surface area (Å²) in [4.78, 5) is 0. The summed E-state index contributed by atoms with van der Waals surface area (Å²) in [5.74, 6) is 0.722. The van der Waals surface area contributed by atoms with Crippen LogP contribution in [0.5, 0.6) is 5.75 Å². The van der Waals surface area contributed by atoms with Gasteiger partial charge in [-0.25, -0.2) is 0 Å². The number of rotatable bonds is 4. The minimum absolute atomic E-state index is 0.268. The van der Waals surface area contributed by atoms with Gasteiger partial charge in [-0.1, -0.05) is 11.6 Å². The summed E-state index contributed by atoms with van der Waals surface area (Å²) in [5, 5.41) is 9.95. The SMILES string of the molecule is Cc1cc(OC[C@@H](O)C[NH3+])ccc1Cl. The summed E-state index contributed by atoms with van der Waals surface area (Å²) in [6, 6.07) is 5.41. The highest BCUT2D eigenvalue weighted by Gasteiger charge is 2.04. The molecule has 3 nitrogen and oxygen atoms in total. The van der Waals surface area contributed by atoms with Gasteiger partial charge in [-0.3, -0.25) is 0 Å². The number of aryl methyl sites for hydroxylation is 1. The van der Waals surface area contributed by atoms with Crippen LogP contribution in [0, 0.1) is 6.92 Å². The van der Waals surface area contributed by atoms with Crippen LogP contribution in [0.2, 0.25) is 5.02 Å². The van der Waals surface area contributed by atoms with E-state index in [2.05, 4.69) is 5.73 Å². The maximum atomic E-state index is 9.23. The molecule has 0 spiro atoms. The molecule has 0 unspecified atom stereocenters. The number of hydrogen-bond acceptors (Lipinski definition) is 2. The zero-order valence-electron chi connectivity index (χ0n) is 8.16. The minimum atomic E-state index is -0.508. The summed E-state index contributed by atoms with van der Waals surface area (Å²) in [6.07, 6.45) is -0.508. The first-order valence-corrected chi connectivity index (χ1v) is 4.87. The van der Waals surface area contributed by atoms with E-state index < -0.39 is 6.10 Å². The topological polar surface area (TPSA) is 57.1 Å². The molecule has 4 N–H and O–H groups in total. The predicted molar refractivity (Wildman–Crippen MR) is 55.4 cm³/mol. The molecule has 0 saturated carbocycles. The van der Waals surface area contributed by atoms with Crippen molar-refractivity contribution < 1.29 is 15.6 Å². The predicted octanol–water partition coefficient (Wildman–Crippen LogP) is 0.630. The van der Waals surface area contributed by atoms with Gasteiger partial charge in [0, 0.05) is 5.02 Å². The Labute approximate surface area is 88.4 Å². The first-order chi connectivity index (χ1) is 6.63. The van der Waals surface area contributed by atoms with E-state index >= 15 is 0 Å². The normalized spacial score (nSPS) is 12.6. The monoisotopic (exact) mass is 216 g/mol. The van der Waals surface area contributed by atoms with E-state index in [-0.39, 0.29) is 6.61 Å². The van der Waals surface area contributed by atoms with Gasteiger partial charge in [0.25, 0.3) is 0 Å². The number of halogens is 1. The van der Waals surface area contributed by atoms with Gasteiger partial charge in [-0.2, -0.15) is 0 Å². The fourth-order valence-electron chi connectivity index (χ4n) is 0.983. The molecule has 4 heteroatoms. The van der Waals surface area contributed by atoms with E-state index in [4.69, 9.17) is 16.3 Å². The summed E-state index contributed by atoms with van der Waals surface area (Å²) in [5.41, 5.74) is 4.54. The first kappa shape index (κ1) is 11.3. The van der Waals surface area contributed by atoms with Gasteiger partial charge in [0.15, 0.2) is 0 Å². The summed E-state index contributed by atoms with van der Waals surface area (Å²) < 4.78 is 5.35. The number of ether oxygens (including phenoxy) is 1. The van der Waals surface area contributed by atoms with Crippen LogP contribution in [0.25, 0.3) is 0 Å². The van der Waals surface area contributed by atoms with Gasteiger partial charge in [-0.05, 0) is 30.7 Å². The Morgan fingerprint density at radius 2 is 2.29 bits per heavy atom. The molecule has 0 aliphatic heterocycles. The number of aliphatic hydroxyl groups is 1. The lowest BCUT2D eigenvalue weighted by Gasteiger charge is -2.09. The molecule has 1 aromatic rings. The number of hydrogen-bond donors (Lipinski definition) is 2. The van der Waals surface area contributed by atoms with Gasteiger partial charge in [0.2, 0.25) is 0 Å². The molecule has 0 aliphatic rings. The number of quaternary nitrogens is 1. The Hall–Kier alpha value is -0.770. The van der Waals surface area contributed by atoms with Crippen LogP contribution in [-0.2, 0) is 0 Å². The van der Waals surface area contributed by atoms with Crippen molar-refractivity contribution in [2.75, 3.05) is 13.2 Å². The van der Waals surface area contributed by atoms with Crippen LogP contribution in [-0.4, -0.2) is 24.4 Å². The average Bonchev–Trinajstić information content (AvgIpc) is 2.19. The summed E-state index contributed by atoms with van der Waals surface area (Å²) in [7, 11) is 0. The first-order valence-electron chi connectivity index (χ1n) is 4.49. The molecule has 0 bridgehead atoms. The quantitative estimate of drug-likeness (QED) is 0.776. The van der Waals surface area contributed by atoms with E-state index in [1.807, 2.05) is 13.0 Å². The van der Waals surface area contributed by atoms with Crippen molar-refractivity contribution in [2.45, 2.75) is 13.0 Å². The van der Waals surface area contributed by atoms with Crippen LogP contribution in [0.3, 0.4) is 0 Å². The molecule has 0 aliphatic carbocycles. The molecule has 1 atom stereocenters. The second-order valence-corrected chi connectivity index (χ2v) is 3.57. The highest BCUT2D eigenvalue weighted by atomic mass is 35.5. The Bertz CT molecular complexity index is 304. The van der Waals surface area contributed by atoms with Crippen LogP contribution in [0.4, 0.5) is 0 Å². The molecule has 0 fully saturated rings. The Kier molecular flexibility index (Phi) is 4.20. The largest absolute Gasteiger partial charge is 0.491 e. The van der Waals surface area contributed by atoms with Gasteiger partial charge in [0.1, 0.15) is 25.0 Å². The summed E-state index contributed by atoms with van der Waals surface area (Å²) in [6.45, 7) is 2.63. The zero-order valence-corrected chi connectivity index (χ0v) is 8.92. The summed E-state index contributed by atoms with van der Waals surface area (Å²) >= 11 is 5.86. The molecule has 0 radical (unpaired) electrons. The van der Waals surface area contributed by atoms with Gasteiger partial charge >= 0.3 is 0 Å². The maximum absolute atomic E-state index is 9.23. The van der Waals surface area contributed by atoms with Crippen molar-refractivity contribution in [1.82, 2.24) is 0 Å². The fraction of sp³-hybridized carbons (Fsp3) is 0.400. The molecule has 0 aromatic heterocycles. The van der Waals surface area contributed by atoms with Crippen molar-refractivity contribution in [3.05, 3.63) is 28.8 Å². The van der Waals surface area contributed by atoms with Crippen LogP contribution < -0.4 is 10.5 Å². The lowest BCUT2D eigenvalue weighted by atomic mass is 10.2. The number of aliphatic hydroxyl groups excluding tert-OH is 1. The molecule has 0 heterocycles. The maximum Gasteiger partial charge on any atom is 0.136 e. The lowest BCUT2D eigenvalue weighted by Crippen LogP contribution is -2.56. The smallest absolute Gasteiger partial charge is 0.136 e. The fourth-order valence-corrected chi connectivity index (χ4v) is 1.10. The van der Waals surface area contributed by atoms with Crippen molar-refractivity contribution in [3.8, 4) is 5.75 Å². The van der Waals surface area contributed by atoms with Gasteiger partial charge in [-0.15, -0.1) is 0 Å². The second-order valence-electron chi connectivity index (χ2n) is 3.16. The van der Waals surface area contributed by atoms with Gasteiger partial charge < -0.3 is 15.6 Å². The van der Waals surface area contributed by atoms with E-state index in [1.165, 1.54) is 0 Å². The highest BCUT2D eigenvalue weighted by Crippen LogP contribution is 2.20. The minimum Gasteiger partial charge on any atom is -0.491 e. The third kappa shape index (κ3) is 3.18. The van der Waals surface area contributed by atoms with E-state index in [0.717, 1.165) is 16.3 Å². The third-order valence-electron chi connectivity index (χ3n) is 1.91. The lowest BCUT2D eigenvalue weighted by molar-refractivity contribution is -0.384. The molecule has 78 valence electrons. The van der Waals surface area contributed by atoms with Crippen molar-refractivity contribution in [3.63, 3.8) is 0 Å². The van der Waals surface area contributed by atoms with Crippen LogP contribution >= 0.6 is 11.6 Å². The van der Waals surface area contributed by atoms with Gasteiger partial charge in [0.05, 0.1) is 0 Å². The Balaban J connectivity index is 2.55. The third-order valence-corrected chi connectivity index (χ3v) is 2.33. The highest BCUT2D eigenvalue weighted by molar-refractivity contribution is 6.31. The van der Waals surface area contributed by atoms with Crippen LogP contribution in [0.1, 0.15) is 5.56 Å². The molecule has 14 heavy (non-hydrogen) atoms. The van der Waals surface area contributed by atoms with Crippen molar-refractivity contribution >= 4 is 11.6 Å². The van der Waals surface area contributed by atoms with E-state index in [1.54, 1.807) is 12.1 Å².